The van der Waals surface area contributed by atoms with E-state index in [0.29, 0.717) is 4.47 Å². The number of carbonyl (C=O) groups excluding carboxylic acids is 1. The van der Waals surface area contributed by atoms with Crippen molar-refractivity contribution < 1.29 is 23.0 Å². The van der Waals surface area contributed by atoms with Gasteiger partial charge in [0.2, 0.25) is 0 Å². The number of ether oxygens (including phenoxy) is 2. The van der Waals surface area contributed by atoms with E-state index in [1.54, 1.807) is 0 Å². The normalized spacial score (nSPS) is 17.1. The molecule has 1 fully saturated rings. The van der Waals surface area contributed by atoms with Crippen molar-refractivity contribution in [3.05, 3.63) is 33.8 Å². The predicted octanol–water partition coefficient (Wildman–Crippen LogP) is 2.46. The first kappa shape index (κ1) is 13.4. The lowest BCUT2D eigenvalue weighted by atomic mass is 9.79. The van der Waals surface area contributed by atoms with Crippen LogP contribution in [0.1, 0.15) is 5.56 Å². The van der Waals surface area contributed by atoms with E-state index in [-0.39, 0.29) is 25.2 Å². The molecule has 1 aliphatic rings. The average molecular weight is 321 g/mol. The molecule has 0 amide bonds. The second kappa shape index (κ2) is 4.93. The fourth-order valence-electron chi connectivity index (χ4n) is 1.94. The summed E-state index contributed by atoms with van der Waals surface area (Å²) in [6.45, 7) is 0.239. The SMILES string of the molecule is COC(=O)C1(Cc2c(F)cc(Br)cc2F)COC1. The Labute approximate surface area is 111 Å². The van der Waals surface area contributed by atoms with Crippen LogP contribution in [0.4, 0.5) is 8.78 Å². The smallest absolute Gasteiger partial charge is 0.316 e. The van der Waals surface area contributed by atoms with Gasteiger partial charge < -0.3 is 9.47 Å². The zero-order valence-electron chi connectivity index (χ0n) is 9.63. The van der Waals surface area contributed by atoms with Crippen molar-refractivity contribution in [2.75, 3.05) is 20.3 Å². The van der Waals surface area contributed by atoms with Crippen LogP contribution in [0.15, 0.2) is 16.6 Å². The molecule has 1 saturated heterocycles. The van der Waals surface area contributed by atoms with Gasteiger partial charge in [0.15, 0.2) is 0 Å². The van der Waals surface area contributed by atoms with E-state index < -0.39 is 23.0 Å². The van der Waals surface area contributed by atoms with Crippen molar-refractivity contribution in [1.82, 2.24) is 0 Å². The Balaban J connectivity index is 2.31. The third-order valence-electron chi connectivity index (χ3n) is 3.00. The minimum atomic E-state index is -0.968. The van der Waals surface area contributed by atoms with Crippen LogP contribution in [0.3, 0.4) is 0 Å². The number of benzene rings is 1. The highest BCUT2D eigenvalue weighted by Crippen LogP contribution is 2.35. The van der Waals surface area contributed by atoms with E-state index in [2.05, 4.69) is 20.7 Å². The van der Waals surface area contributed by atoms with Crippen molar-refractivity contribution in [2.45, 2.75) is 6.42 Å². The van der Waals surface area contributed by atoms with Crippen molar-refractivity contribution >= 4 is 21.9 Å². The Morgan fingerprint density at radius 2 is 2.00 bits per heavy atom. The predicted molar refractivity (Wildman–Crippen MR) is 63.0 cm³/mol. The molecule has 0 bridgehead atoms. The first-order valence-electron chi connectivity index (χ1n) is 5.28. The first-order valence-corrected chi connectivity index (χ1v) is 6.07. The molecule has 1 aromatic rings. The number of rotatable bonds is 3. The maximum absolute atomic E-state index is 13.7. The van der Waals surface area contributed by atoms with Crippen molar-refractivity contribution in [3.8, 4) is 0 Å². The average Bonchev–Trinajstić information content (AvgIpc) is 2.25. The molecule has 0 radical (unpaired) electrons. The van der Waals surface area contributed by atoms with E-state index in [1.807, 2.05) is 0 Å². The largest absolute Gasteiger partial charge is 0.468 e. The number of esters is 1. The number of hydrogen-bond acceptors (Lipinski definition) is 3. The molecule has 1 aliphatic heterocycles. The number of halogens is 3. The summed E-state index contributed by atoms with van der Waals surface area (Å²) < 4.78 is 37.4. The van der Waals surface area contributed by atoms with Gasteiger partial charge in [-0.05, 0) is 18.6 Å². The lowest BCUT2D eigenvalue weighted by Crippen LogP contribution is -2.51. The Kier molecular flexibility index (Phi) is 3.68. The van der Waals surface area contributed by atoms with Crippen LogP contribution in [0.25, 0.3) is 0 Å². The topological polar surface area (TPSA) is 35.5 Å². The van der Waals surface area contributed by atoms with Gasteiger partial charge in [0.25, 0.3) is 0 Å². The van der Waals surface area contributed by atoms with Crippen LogP contribution in [0.2, 0.25) is 0 Å². The molecule has 98 valence electrons. The second-order valence-electron chi connectivity index (χ2n) is 4.29. The summed E-state index contributed by atoms with van der Waals surface area (Å²) in [5, 5.41) is 0. The second-order valence-corrected chi connectivity index (χ2v) is 5.21. The lowest BCUT2D eigenvalue weighted by molar-refractivity contribution is -0.183. The standard InChI is InChI=1S/C12H11BrF2O3/c1-17-11(16)12(5-18-6-12)4-8-9(14)2-7(13)3-10(8)15/h2-3H,4-6H2,1H3. The molecule has 0 saturated carbocycles. The summed E-state index contributed by atoms with van der Waals surface area (Å²) >= 11 is 3.00. The molecular weight excluding hydrogens is 310 g/mol. The molecule has 0 aromatic heterocycles. The Morgan fingerprint density at radius 3 is 2.39 bits per heavy atom. The zero-order valence-corrected chi connectivity index (χ0v) is 11.2. The molecule has 0 N–H and O–H groups in total. The summed E-state index contributed by atoms with van der Waals surface area (Å²) in [7, 11) is 1.25. The summed E-state index contributed by atoms with van der Waals surface area (Å²) in [5.74, 6) is -1.87. The molecule has 6 heteroatoms. The minimum absolute atomic E-state index is 0.0649. The molecule has 1 heterocycles. The van der Waals surface area contributed by atoms with Gasteiger partial charge in [-0.1, -0.05) is 15.9 Å². The summed E-state index contributed by atoms with van der Waals surface area (Å²) in [5.41, 5.74) is -1.09. The van der Waals surface area contributed by atoms with Gasteiger partial charge in [-0.2, -0.15) is 0 Å². The van der Waals surface area contributed by atoms with Crippen LogP contribution >= 0.6 is 15.9 Å². The molecular formula is C12H11BrF2O3. The molecule has 0 spiro atoms. The van der Waals surface area contributed by atoms with E-state index in [1.165, 1.54) is 19.2 Å². The molecule has 0 aliphatic carbocycles. The van der Waals surface area contributed by atoms with Crippen LogP contribution < -0.4 is 0 Å². The maximum Gasteiger partial charge on any atom is 0.316 e. The van der Waals surface area contributed by atoms with E-state index in [4.69, 9.17) is 4.74 Å². The fraction of sp³-hybridized carbons (Fsp3) is 0.417. The van der Waals surface area contributed by atoms with Crippen LogP contribution in [0.5, 0.6) is 0 Å². The van der Waals surface area contributed by atoms with Gasteiger partial charge in [0.1, 0.15) is 17.0 Å². The lowest BCUT2D eigenvalue weighted by Gasteiger charge is -2.38. The van der Waals surface area contributed by atoms with Gasteiger partial charge in [0.05, 0.1) is 20.3 Å². The van der Waals surface area contributed by atoms with Gasteiger partial charge in [-0.3, -0.25) is 4.79 Å². The number of methoxy groups -OCH3 is 1. The molecule has 3 nitrogen and oxygen atoms in total. The summed E-state index contributed by atoms with van der Waals surface area (Å²) in [6.07, 6.45) is -0.0649. The van der Waals surface area contributed by atoms with Gasteiger partial charge >= 0.3 is 5.97 Å². The third kappa shape index (κ3) is 2.27. The first-order chi connectivity index (χ1) is 8.48. The Bertz CT molecular complexity index is 463. The molecule has 0 unspecified atom stereocenters. The monoisotopic (exact) mass is 320 g/mol. The van der Waals surface area contributed by atoms with Crippen LogP contribution in [-0.2, 0) is 20.7 Å². The van der Waals surface area contributed by atoms with Crippen molar-refractivity contribution in [3.63, 3.8) is 0 Å². The van der Waals surface area contributed by atoms with E-state index in [0.717, 1.165) is 0 Å². The zero-order chi connectivity index (χ0) is 13.3. The van der Waals surface area contributed by atoms with Crippen LogP contribution in [-0.4, -0.2) is 26.3 Å². The third-order valence-corrected chi connectivity index (χ3v) is 3.45. The van der Waals surface area contributed by atoms with Crippen molar-refractivity contribution in [1.29, 1.82) is 0 Å². The van der Waals surface area contributed by atoms with Crippen LogP contribution in [0, 0.1) is 17.0 Å². The molecule has 2 rings (SSSR count). The van der Waals surface area contributed by atoms with Gasteiger partial charge in [-0.15, -0.1) is 0 Å². The maximum atomic E-state index is 13.7. The highest BCUT2D eigenvalue weighted by Gasteiger charge is 2.48. The van der Waals surface area contributed by atoms with Gasteiger partial charge in [0, 0.05) is 10.0 Å². The Hall–Kier alpha value is -1.01. The fourth-order valence-corrected chi connectivity index (χ4v) is 2.34. The quantitative estimate of drug-likeness (QED) is 0.803. The molecule has 0 atom stereocenters. The van der Waals surface area contributed by atoms with E-state index in [9.17, 15) is 13.6 Å². The highest BCUT2D eigenvalue weighted by molar-refractivity contribution is 9.10. The van der Waals surface area contributed by atoms with Crippen molar-refractivity contribution in [2.24, 2.45) is 5.41 Å². The number of carbonyl (C=O) groups is 1. The molecule has 1 aromatic carbocycles. The van der Waals surface area contributed by atoms with E-state index >= 15 is 0 Å². The summed E-state index contributed by atoms with van der Waals surface area (Å²) in [4.78, 5) is 11.7. The summed E-state index contributed by atoms with van der Waals surface area (Å²) in [6, 6.07) is 2.34. The number of hydrogen-bond donors (Lipinski definition) is 0. The molecule has 18 heavy (non-hydrogen) atoms. The highest BCUT2D eigenvalue weighted by atomic mass is 79.9. The minimum Gasteiger partial charge on any atom is -0.468 e. The van der Waals surface area contributed by atoms with Gasteiger partial charge in [-0.25, -0.2) is 8.78 Å². The Morgan fingerprint density at radius 1 is 1.44 bits per heavy atom.